The number of fused-ring (bicyclic) bond motifs is 1. The van der Waals surface area contributed by atoms with E-state index in [1.807, 2.05) is 49.4 Å². The summed E-state index contributed by atoms with van der Waals surface area (Å²) in [6, 6.07) is 16.8. The SMILES string of the molecule is Cc1cccc(C=C2Sc3ccc(C(=O)N4CCN(C(=O)c5ccco5)CC4)cc3N(C)C2=O)c1. The Morgan fingerprint density at radius 3 is 2.37 bits per heavy atom. The van der Waals surface area contributed by atoms with E-state index in [1.54, 1.807) is 39.9 Å². The van der Waals surface area contributed by atoms with Gasteiger partial charge < -0.3 is 19.1 Å². The van der Waals surface area contributed by atoms with Gasteiger partial charge >= 0.3 is 0 Å². The first-order valence-corrected chi connectivity index (χ1v) is 12.2. The van der Waals surface area contributed by atoms with Crippen molar-refractivity contribution in [2.45, 2.75) is 11.8 Å². The van der Waals surface area contributed by atoms with Crippen LogP contribution in [0.15, 0.2) is 75.1 Å². The van der Waals surface area contributed by atoms with Gasteiger partial charge in [0.25, 0.3) is 17.7 Å². The Morgan fingerprint density at radius 1 is 0.943 bits per heavy atom. The number of likely N-dealkylation sites (N-methyl/N-ethyl adjacent to an activating group) is 1. The molecule has 2 aromatic carbocycles. The molecule has 3 heterocycles. The molecule has 178 valence electrons. The number of anilines is 1. The third kappa shape index (κ3) is 4.61. The molecule has 0 aliphatic carbocycles. The predicted molar refractivity (Wildman–Crippen MR) is 135 cm³/mol. The zero-order valence-electron chi connectivity index (χ0n) is 19.6. The van der Waals surface area contributed by atoms with Gasteiger partial charge in [-0.15, -0.1) is 0 Å². The number of furan rings is 1. The van der Waals surface area contributed by atoms with Gasteiger partial charge in [-0.05, 0) is 48.9 Å². The summed E-state index contributed by atoms with van der Waals surface area (Å²) in [5, 5.41) is 0. The molecule has 0 saturated carbocycles. The van der Waals surface area contributed by atoms with Gasteiger partial charge in [0, 0.05) is 43.7 Å². The number of aryl methyl sites for hydroxylation is 1. The topological polar surface area (TPSA) is 74.1 Å². The van der Waals surface area contributed by atoms with Gasteiger partial charge in [0.2, 0.25) is 0 Å². The van der Waals surface area contributed by atoms with Gasteiger partial charge in [0.1, 0.15) is 0 Å². The van der Waals surface area contributed by atoms with Gasteiger partial charge in [-0.25, -0.2) is 0 Å². The fourth-order valence-corrected chi connectivity index (χ4v) is 5.38. The zero-order chi connectivity index (χ0) is 24.5. The summed E-state index contributed by atoms with van der Waals surface area (Å²) in [4.78, 5) is 45.3. The lowest BCUT2D eigenvalue weighted by molar-refractivity contribution is -0.114. The molecule has 0 atom stereocenters. The number of nitrogens with zero attached hydrogens (tertiary/aromatic N) is 3. The van der Waals surface area contributed by atoms with Crippen molar-refractivity contribution < 1.29 is 18.8 Å². The minimum Gasteiger partial charge on any atom is -0.459 e. The van der Waals surface area contributed by atoms with Crippen molar-refractivity contribution in [3.8, 4) is 0 Å². The van der Waals surface area contributed by atoms with Crippen LogP contribution < -0.4 is 4.90 Å². The molecule has 3 aromatic rings. The molecule has 0 unspecified atom stereocenters. The van der Waals surface area contributed by atoms with E-state index >= 15 is 0 Å². The molecule has 0 N–H and O–H groups in total. The molecule has 1 fully saturated rings. The molecular weight excluding hydrogens is 462 g/mol. The predicted octanol–water partition coefficient (Wildman–Crippen LogP) is 4.30. The Morgan fingerprint density at radius 2 is 1.69 bits per heavy atom. The van der Waals surface area contributed by atoms with Gasteiger partial charge in [0.05, 0.1) is 16.9 Å². The van der Waals surface area contributed by atoms with Crippen molar-refractivity contribution in [2.75, 3.05) is 38.1 Å². The van der Waals surface area contributed by atoms with E-state index in [-0.39, 0.29) is 17.7 Å². The Kier molecular flexibility index (Phi) is 6.21. The molecule has 3 amide bonds. The van der Waals surface area contributed by atoms with Crippen LogP contribution >= 0.6 is 11.8 Å². The lowest BCUT2D eigenvalue weighted by Crippen LogP contribution is -2.50. The van der Waals surface area contributed by atoms with Crippen molar-refractivity contribution in [3.05, 3.63) is 88.2 Å². The zero-order valence-corrected chi connectivity index (χ0v) is 20.4. The fraction of sp³-hybridized carbons (Fsp3) is 0.222. The van der Waals surface area contributed by atoms with Crippen LogP contribution in [-0.4, -0.2) is 60.7 Å². The van der Waals surface area contributed by atoms with Crippen molar-refractivity contribution in [3.63, 3.8) is 0 Å². The summed E-state index contributed by atoms with van der Waals surface area (Å²) in [5.41, 5.74) is 3.37. The maximum atomic E-state index is 13.2. The molecule has 5 rings (SSSR count). The van der Waals surface area contributed by atoms with Crippen LogP contribution in [0.25, 0.3) is 6.08 Å². The second kappa shape index (κ2) is 9.46. The number of amides is 3. The average molecular weight is 488 g/mol. The molecule has 0 spiro atoms. The van der Waals surface area contributed by atoms with Gasteiger partial charge in [0.15, 0.2) is 5.76 Å². The fourth-order valence-electron chi connectivity index (χ4n) is 4.29. The molecule has 0 radical (unpaired) electrons. The van der Waals surface area contributed by atoms with Crippen LogP contribution in [0, 0.1) is 6.92 Å². The third-order valence-electron chi connectivity index (χ3n) is 6.23. The Labute approximate surface area is 208 Å². The monoisotopic (exact) mass is 487 g/mol. The van der Waals surface area contributed by atoms with Crippen molar-refractivity contribution in [1.82, 2.24) is 9.80 Å². The second-order valence-corrected chi connectivity index (χ2v) is 9.72. The number of rotatable bonds is 3. The van der Waals surface area contributed by atoms with Gasteiger partial charge in [-0.2, -0.15) is 0 Å². The van der Waals surface area contributed by atoms with E-state index in [1.165, 1.54) is 18.0 Å². The number of carbonyl (C=O) groups excluding carboxylic acids is 3. The van der Waals surface area contributed by atoms with Crippen LogP contribution in [0.2, 0.25) is 0 Å². The summed E-state index contributed by atoms with van der Waals surface area (Å²) in [6.45, 7) is 3.79. The Bertz CT molecular complexity index is 1320. The van der Waals surface area contributed by atoms with Crippen molar-refractivity contribution >= 4 is 41.2 Å². The summed E-state index contributed by atoms with van der Waals surface area (Å²) in [6.07, 6.45) is 3.38. The summed E-state index contributed by atoms with van der Waals surface area (Å²) in [5.74, 6) is -0.0634. The van der Waals surface area contributed by atoms with E-state index in [2.05, 4.69) is 0 Å². The lowest BCUT2D eigenvalue weighted by Gasteiger charge is -2.34. The standard InChI is InChI=1S/C27H25N3O4S/c1-18-5-3-6-19(15-18)16-24-27(33)28(2)21-17-20(8-9-23(21)35-24)25(31)29-10-12-30(13-11-29)26(32)22-7-4-14-34-22/h3-9,14-17H,10-13H2,1-2H3. The van der Waals surface area contributed by atoms with Crippen molar-refractivity contribution in [1.29, 1.82) is 0 Å². The average Bonchev–Trinajstić information content (AvgIpc) is 3.41. The van der Waals surface area contributed by atoms with E-state index in [4.69, 9.17) is 4.42 Å². The number of hydrogen-bond donors (Lipinski definition) is 0. The summed E-state index contributed by atoms with van der Waals surface area (Å²) in [7, 11) is 1.73. The molecule has 1 aromatic heterocycles. The van der Waals surface area contributed by atoms with E-state index < -0.39 is 0 Å². The quantitative estimate of drug-likeness (QED) is 0.515. The molecule has 8 heteroatoms. The van der Waals surface area contributed by atoms with E-state index in [0.717, 1.165) is 21.7 Å². The smallest absolute Gasteiger partial charge is 0.289 e. The van der Waals surface area contributed by atoms with E-state index in [0.29, 0.717) is 42.4 Å². The number of piperazine rings is 1. The Hall–Kier alpha value is -3.78. The molecule has 35 heavy (non-hydrogen) atoms. The molecular formula is C27H25N3O4S. The first-order valence-electron chi connectivity index (χ1n) is 11.4. The van der Waals surface area contributed by atoms with Crippen LogP contribution in [-0.2, 0) is 4.79 Å². The maximum absolute atomic E-state index is 13.2. The molecule has 1 saturated heterocycles. The van der Waals surface area contributed by atoms with Crippen LogP contribution in [0.4, 0.5) is 5.69 Å². The van der Waals surface area contributed by atoms with Gasteiger partial charge in [-0.3, -0.25) is 14.4 Å². The third-order valence-corrected chi connectivity index (χ3v) is 7.31. The minimum absolute atomic E-state index is 0.0985. The largest absolute Gasteiger partial charge is 0.459 e. The lowest BCUT2D eigenvalue weighted by atomic mass is 10.1. The number of hydrogen-bond acceptors (Lipinski definition) is 5. The minimum atomic E-state index is -0.164. The maximum Gasteiger partial charge on any atom is 0.289 e. The van der Waals surface area contributed by atoms with E-state index in [9.17, 15) is 14.4 Å². The first kappa shape index (κ1) is 23.0. The molecule has 7 nitrogen and oxygen atoms in total. The van der Waals surface area contributed by atoms with Crippen LogP contribution in [0.5, 0.6) is 0 Å². The summed E-state index contributed by atoms with van der Waals surface area (Å²) >= 11 is 1.42. The highest BCUT2D eigenvalue weighted by Gasteiger charge is 2.30. The first-order chi connectivity index (χ1) is 16.9. The molecule has 2 aliphatic heterocycles. The van der Waals surface area contributed by atoms with Crippen molar-refractivity contribution in [2.24, 2.45) is 0 Å². The highest BCUT2D eigenvalue weighted by atomic mass is 32.2. The molecule has 2 aliphatic rings. The highest BCUT2D eigenvalue weighted by molar-refractivity contribution is 8.04. The number of carbonyl (C=O) groups is 3. The van der Waals surface area contributed by atoms with Crippen LogP contribution in [0.1, 0.15) is 32.0 Å². The highest BCUT2D eigenvalue weighted by Crippen LogP contribution is 2.42. The number of benzene rings is 2. The molecule has 0 bridgehead atoms. The van der Waals surface area contributed by atoms with Gasteiger partial charge in [-0.1, -0.05) is 41.6 Å². The Balaban J connectivity index is 1.30. The number of thioether (sulfide) groups is 1. The summed E-state index contributed by atoms with van der Waals surface area (Å²) < 4.78 is 5.20. The van der Waals surface area contributed by atoms with Crippen LogP contribution in [0.3, 0.4) is 0 Å². The normalized spacial score (nSPS) is 17.0. The second-order valence-electron chi connectivity index (χ2n) is 8.63.